The molecule has 0 aliphatic carbocycles. The van der Waals surface area contributed by atoms with Crippen molar-refractivity contribution in [3.63, 3.8) is 0 Å². The zero-order valence-electron chi connectivity index (χ0n) is 9.98. The van der Waals surface area contributed by atoms with Gasteiger partial charge in [0.1, 0.15) is 5.75 Å². The van der Waals surface area contributed by atoms with Gasteiger partial charge < -0.3 is 5.11 Å². The minimum Gasteiger partial charge on any atom is -0.508 e. The molecule has 0 amide bonds. The lowest BCUT2D eigenvalue weighted by molar-refractivity contribution is 0.470. The molecule has 1 heteroatoms. The van der Waals surface area contributed by atoms with E-state index in [1.54, 1.807) is 12.1 Å². The highest BCUT2D eigenvalue weighted by molar-refractivity contribution is 5.68. The van der Waals surface area contributed by atoms with Crippen molar-refractivity contribution in [1.29, 1.82) is 0 Å². The number of benzene rings is 2. The highest BCUT2D eigenvalue weighted by atomic mass is 16.3. The molecular weight excluding hydrogens is 208 g/mol. The molecule has 1 N–H and O–H groups in total. The predicted molar refractivity (Wildman–Crippen MR) is 72.2 cm³/mol. The van der Waals surface area contributed by atoms with E-state index in [0.29, 0.717) is 12.2 Å². The molecule has 17 heavy (non-hydrogen) atoms. The molecule has 2 aromatic rings. The summed E-state index contributed by atoms with van der Waals surface area (Å²) in [6, 6.07) is 14.0. The fourth-order valence-electron chi connectivity index (χ4n) is 1.97. The normalized spacial score (nSPS) is 10.2. The maximum atomic E-state index is 9.73. The number of aryl methyl sites for hydroxylation is 1. The van der Waals surface area contributed by atoms with Crippen molar-refractivity contribution in [2.75, 3.05) is 0 Å². The van der Waals surface area contributed by atoms with Crippen LogP contribution in [-0.2, 0) is 6.42 Å². The molecule has 0 aliphatic rings. The summed E-state index contributed by atoms with van der Waals surface area (Å²) in [5.74, 6) is 0.335. The van der Waals surface area contributed by atoms with E-state index in [-0.39, 0.29) is 0 Å². The summed E-state index contributed by atoms with van der Waals surface area (Å²) in [5, 5.41) is 9.73. The third-order valence-corrected chi connectivity index (χ3v) is 2.90. The number of phenolic OH excluding ortho intramolecular Hbond substituents is 1. The van der Waals surface area contributed by atoms with Crippen LogP contribution in [0.3, 0.4) is 0 Å². The van der Waals surface area contributed by atoms with Crippen LogP contribution in [0.2, 0.25) is 0 Å². The van der Waals surface area contributed by atoms with Crippen molar-refractivity contribution >= 4 is 0 Å². The standard InChI is InChI=1S/C16H16O/c1-3-6-14-11-13(9-10-16(14)17)15-8-5-4-7-12(15)2/h3-5,7-11,17H,1,6H2,2H3. The first-order valence-electron chi connectivity index (χ1n) is 5.71. The maximum absolute atomic E-state index is 9.73. The third-order valence-electron chi connectivity index (χ3n) is 2.90. The number of phenols is 1. The molecule has 0 aliphatic heterocycles. The molecule has 2 aromatic carbocycles. The Bertz CT molecular complexity index is 541. The molecule has 0 heterocycles. The van der Waals surface area contributed by atoms with Crippen LogP contribution in [0, 0.1) is 6.92 Å². The molecule has 0 saturated heterocycles. The number of aromatic hydroxyl groups is 1. The summed E-state index contributed by atoms with van der Waals surface area (Å²) in [4.78, 5) is 0. The average Bonchev–Trinajstić information content (AvgIpc) is 2.33. The SMILES string of the molecule is C=CCc1cc(-c2ccccc2C)ccc1O. The summed E-state index contributed by atoms with van der Waals surface area (Å²) in [6.45, 7) is 5.80. The Kier molecular flexibility index (Phi) is 3.29. The van der Waals surface area contributed by atoms with Gasteiger partial charge in [-0.15, -0.1) is 6.58 Å². The second kappa shape index (κ2) is 4.88. The fourth-order valence-corrected chi connectivity index (χ4v) is 1.97. The Morgan fingerprint density at radius 3 is 2.65 bits per heavy atom. The van der Waals surface area contributed by atoms with Crippen LogP contribution in [-0.4, -0.2) is 5.11 Å². The second-order valence-electron chi connectivity index (χ2n) is 4.15. The molecule has 0 aromatic heterocycles. The van der Waals surface area contributed by atoms with Gasteiger partial charge in [0.25, 0.3) is 0 Å². The molecule has 0 bridgehead atoms. The number of hydrogen-bond acceptors (Lipinski definition) is 1. The van der Waals surface area contributed by atoms with Gasteiger partial charge in [-0.25, -0.2) is 0 Å². The Hall–Kier alpha value is -2.02. The Morgan fingerprint density at radius 1 is 1.18 bits per heavy atom. The van der Waals surface area contributed by atoms with Gasteiger partial charge >= 0.3 is 0 Å². The van der Waals surface area contributed by atoms with Crippen molar-refractivity contribution in [1.82, 2.24) is 0 Å². The van der Waals surface area contributed by atoms with Gasteiger partial charge in [-0.05, 0) is 47.7 Å². The highest BCUT2D eigenvalue weighted by Gasteiger charge is 2.05. The lowest BCUT2D eigenvalue weighted by Crippen LogP contribution is -1.87. The first-order chi connectivity index (χ1) is 8.22. The molecular formula is C16H16O. The zero-order chi connectivity index (χ0) is 12.3. The Labute approximate surface area is 102 Å². The van der Waals surface area contributed by atoms with Gasteiger partial charge in [0.15, 0.2) is 0 Å². The van der Waals surface area contributed by atoms with E-state index in [2.05, 4.69) is 25.6 Å². The maximum Gasteiger partial charge on any atom is 0.119 e. The summed E-state index contributed by atoms with van der Waals surface area (Å²) in [5.41, 5.74) is 4.50. The van der Waals surface area contributed by atoms with Crippen molar-refractivity contribution in [3.8, 4) is 16.9 Å². The first kappa shape index (κ1) is 11.5. The van der Waals surface area contributed by atoms with Gasteiger partial charge in [-0.1, -0.05) is 36.4 Å². The number of hydrogen-bond donors (Lipinski definition) is 1. The molecule has 0 fully saturated rings. The van der Waals surface area contributed by atoms with Gasteiger partial charge in [-0.3, -0.25) is 0 Å². The minimum atomic E-state index is 0.335. The van der Waals surface area contributed by atoms with Crippen molar-refractivity contribution in [2.24, 2.45) is 0 Å². The second-order valence-corrected chi connectivity index (χ2v) is 4.15. The molecule has 0 spiro atoms. The van der Waals surface area contributed by atoms with E-state index < -0.39 is 0 Å². The number of rotatable bonds is 3. The van der Waals surface area contributed by atoms with Crippen LogP contribution >= 0.6 is 0 Å². The summed E-state index contributed by atoms with van der Waals surface area (Å²) in [7, 11) is 0. The minimum absolute atomic E-state index is 0.335. The lowest BCUT2D eigenvalue weighted by Gasteiger charge is -2.08. The van der Waals surface area contributed by atoms with Crippen LogP contribution in [0.5, 0.6) is 5.75 Å². The van der Waals surface area contributed by atoms with Gasteiger partial charge in [0, 0.05) is 0 Å². The summed E-state index contributed by atoms with van der Waals surface area (Å²) >= 11 is 0. The molecule has 1 nitrogen and oxygen atoms in total. The van der Waals surface area contributed by atoms with E-state index in [9.17, 15) is 5.11 Å². The monoisotopic (exact) mass is 224 g/mol. The van der Waals surface area contributed by atoms with Crippen molar-refractivity contribution < 1.29 is 5.11 Å². The van der Waals surface area contributed by atoms with E-state index in [1.807, 2.05) is 24.3 Å². The smallest absolute Gasteiger partial charge is 0.119 e. The predicted octanol–water partition coefficient (Wildman–Crippen LogP) is 4.10. The van der Waals surface area contributed by atoms with Crippen LogP contribution in [0.1, 0.15) is 11.1 Å². The van der Waals surface area contributed by atoms with Crippen LogP contribution in [0.4, 0.5) is 0 Å². The van der Waals surface area contributed by atoms with E-state index in [1.165, 1.54) is 11.1 Å². The highest BCUT2D eigenvalue weighted by Crippen LogP contribution is 2.28. The van der Waals surface area contributed by atoms with E-state index in [0.717, 1.165) is 11.1 Å². The van der Waals surface area contributed by atoms with E-state index >= 15 is 0 Å². The molecule has 0 saturated carbocycles. The van der Waals surface area contributed by atoms with Crippen LogP contribution < -0.4 is 0 Å². The van der Waals surface area contributed by atoms with Gasteiger partial charge in [-0.2, -0.15) is 0 Å². The van der Waals surface area contributed by atoms with Gasteiger partial charge in [0.05, 0.1) is 0 Å². The third kappa shape index (κ3) is 2.39. The molecule has 0 unspecified atom stereocenters. The average molecular weight is 224 g/mol. The fraction of sp³-hybridized carbons (Fsp3) is 0.125. The zero-order valence-corrected chi connectivity index (χ0v) is 9.98. The number of allylic oxidation sites excluding steroid dienone is 1. The van der Waals surface area contributed by atoms with Crippen molar-refractivity contribution in [2.45, 2.75) is 13.3 Å². The van der Waals surface area contributed by atoms with Crippen molar-refractivity contribution in [3.05, 3.63) is 66.2 Å². The molecule has 0 radical (unpaired) electrons. The lowest BCUT2D eigenvalue weighted by atomic mass is 9.97. The molecule has 2 rings (SSSR count). The van der Waals surface area contributed by atoms with Gasteiger partial charge in [0.2, 0.25) is 0 Å². The first-order valence-corrected chi connectivity index (χ1v) is 5.71. The quantitative estimate of drug-likeness (QED) is 0.778. The Balaban J connectivity index is 2.50. The molecule has 0 atom stereocenters. The summed E-state index contributed by atoms with van der Waals surface area (Å²) < 4.78 is 0. The topological polar surface area (TPSA) is 20.2 Å². The van der Waals surface area contributed by atoms with Crippen LogP contribution in [0.25, 0.3) is 11.1 Å². The summed E-state index contributed by atoms with van der Waals surface area (Å²) in [6.07, 6.45) is 2.49. The van der Waals surface area contributed by atoms with E-state index in [4.69, 9.17) is 0 Å². The molecule has 86 valence electrons. The van der Waals surface area contributed by atoms with Crippen LogP contribution in [0.15, 0.2) is 55.1 Å². The Morgan fingerprint density at radius 2 is 1.94 bits per heavy atom. The largest absolute Gasteiger partial charge is 0.508 e.